The van der Waals surface area contributed by atoms with Crippen LogP contribution in [0, 0.1) is 0 Å². The maximum absolute atomic E-state index is 12.6. The molecule has 0 aliphatic carbocycles. The third kappa shape index (κ3) is 5.07. The summed E-state index contributed by atoms with van der Waals surface area (Å²) in [5.41, 5.74) is 0.838. The highest BCUT2D eigenvalue weighted by molar-refractivity contribution is 6.08. The number of pyridine rings is 1. The van der Waals surface area contributed by atoms with E-state index in [4.69, 9.17) is 9.15 Å². The molecule has 0 atom stereocenters. The first kappa shape index (κ1) is 19.8. The number of aromatic nitrogens is 1. The van der Waals surface area contributed by atoms with Gasteiger partial charge in [0, 0.05) is 11.8 Å². The number of amides is 2. The molecule has 3 rings (SSSR count). The lowest BCUT2D eigenvalue weighted by Gasteiger charge is -2.10. The van der Waals surface area contributed by atoms with E-state index in [2.05, 4.69) is 15.6 Å². The Bertz CT molecular complexity index is 1010. The van der Waals surface area contributed by atoms with Crippen LogP contribution in [0.15, 0.2) is 65.4 Å². The summed E-state index contributed by atoms with van der Waals surface area (Å²) in [7, 11) is 0. The Morgan fingerprint density at radius 1 is 1.07 bits per heavy atom. The Hall–Kier alpha value is -3.94. The Kier molecular flexibility index (Phi) is 6.36. The van der Waals surface area contributed by atoms with Crippen molar-refractivity contribution >= 4 is 23.5 Å². The molecule has 29 heavy (non-hydrogen) atoms. The zero-order valence-corrected chi connectivity index (χ0v) is 15.7. The zero-order valence-electron chi connectivity index (χ0n) is 15.7. The van der Waals surface area contributed by atoms with Crippen LogP contribution in [0.5, 0.6) is 0 Å². The molecule has 0 radical (unpaired) electrons. The number of hydrogen-bond acceptors (Lipinski definition) is 6. The van der Waals surface area contributed by atoms with E-state index in [-0.39, 0.29) is 35.9 Å². The van der Waals surface area contributed by atoms with E-state index in [0.717, 1.165) is 0 Å². The Morgan fingerprint density at radius 2 is 1.90 bits per heavy atom. The molecule has 3 aromatic rings. The molecule has 2 heterocycles. The van der Waals surface area contributed by atoms with Gasteiger partial charge >= 0.3 is 5.97 Å². The Balaban J connectivity index is 1.71. The number of hydrogen-bond donors (Lipinski definition) is 2. The second kappa shape index (κ2) is 9.32. The SMILES string of the molecule is CCOC(=O)c1ccccc1NC(=O)c1cc(C(=O)NCc2ccco2)ccn1. The fourth-order valence-electron chi connectivity index (χ4n) is 2.54. The summed E-state index contributed by atoms with van der Waals surface area (Å²) < 4.78 is 10.2. The van der Waals surface area contributed by atoms with Crippen molar-refractivity contribution in [2.75, 3.05) is 11.9 Å². The number of nitrogens with one attached hydrogen (secondary N) is 2. The van der Waals surface area contributed by atoms with Gasteiger partial charge < -0.3 is 19.8 Å². The van der Waals surface area contributed by atoms with Gasteiger partial charge in [-0.3, -0.25) is 14.6 Å². The van der Waals surface area contributed by atoms with Crippen molar-refractivity contribution in [3.63, 3.8) is 0 Å². The molecule has 2 amide bonds. The number of benzene rings is 1. The summed E-state index contributed by atoms with van der Waals surface area (Å²) in [6.07, 6.45) is 2.89. The second-order valence-corrected chi connectivity index (χ2v) is 5.91. The maximum Gasteiger partial charge on any atom is 0.340 e. The van der Waals surface area contributed by atoms with Crippen molar-refractivity contribution in [1.29, 1.82) is 0 Å². The number of furan rings is 1. The van der Waals surface area contributed by atoms with Crippen LogP contribution in [0.1, 0.15) is 43.9 Å². The molecule has 0 unspecified atom stereocenters. The lowest BCUT2D eigenvalue weighted by Crippen LogP contribution is -2.23. The number of carbonyl (C=O) groups is 3. The molecule has 2 N–H and O–H groups in total. The van der Waals surface area contributed by atoms with Crippen LogP contribution in [0.2, 0.25) is 0 Å². The second-order valence-electron chi connectivity index (χ2n) is 5.91. The number of carbonyl (C=O) groups excluding carboxylic acids is 3. The minimum Gasteiger partial charge on any atom is -0.467 e. The van der Waals surface area contributed by atoms with Crippen LogP contribution in [-0.4, -0.2) is 29.4 Å². The average molecular weight is 393 g/mol. The highest BCUT2D eigenvalue weighted by Gasteiger charge is 2.17. The van der Waals surface area contributed by atoms with Crippen LogP contribution in [0.3, 0.4) is 0 Å². The normalized spacial score (nSPS) is 10.2. The van der Waals surface area contributed by atoms with E-state index in [0.29, 0.717) is 11.4 Å². The topological polar surface area (TPSA) is 111 Å². The average Bonchev–Trinajstić information content (AvgIpc) is 3.26. The first-order valence-electron chi connectivity index (χ1n) is 8.92. The Morgan fingerprint density at radius 3 is 2.66 bits per heavy atom. The predicted octanol–water partition coefficient (Wildman–Crippen LogP) is 3.03. The highest BCUT2D eigenvalue weighted by atomic mass is 16.5. The van der Waals surface area contributed by atoms with Crippen molar-refractivity contribution in [2.24, 2.45) is 0 Å². The summed E-state index contributed by atoms with van der Waals surface area (Å²) in [6.45, 7) is 2.14. The predicted molar refractivity (Wildman–Crippen MR) is 104 cm³/mol. The summed E-state index contributed by atoms with van der Waals surface area (Å²) >= 11 is 0. The molecule has 1 aromatic carbocycles. The van der Waals surface area contributed by atoms with E-state index < -0.39 is 11.9 Å². The van der Waals surface area contributed by atoms with Crippen molar-refractivity contribution in [3.8, 4) is 0 Å². The van der Waals surface area contributed by atoms with Crippen molar-refractivity contribution in [2.45, 2.75) is 13.5 Å². The summed E-state index contributed by atoms with van der Waals surface area (Å²) in [5, 5.41) is 5.34. The van der Waals surface area contributed by atoms with Crippen LogP contribution >= 0.6 is 0 Å². The minimum atomic E-state index is -0.553. The summed E-state index contributed by atoms with van der Waals surface area (Å²) in [5.74, 6) is -0.851. The van der Waals surface area contributed by atoms with E-state index in [1.165, 1.54) is 24.6 Å². The summed E-state index contributed by atoms with van der Waals surface area (Å²) in [6, 6.07) is 12.8. The molecular weight excluding hydrogens is 374 g/mol. The van der Waals surface area contributed by atoms with Crippen LogP contribution in [0.4, 0.5) is 5.69 Å². The minimum absolute atomic E-state index is 0.0364. The molecule has 8 nitrogen and oxygen atoms in total. The molecule has 0 bridgehead atoms. The van der Waals surface area contributed by atoms with Crippen molar-refractivity contribution < 1.29 is 23.5 Å². The smallest absolute Gasteiger partial charge is 0.340 e. The quantitative estimate of drug-likeness (QED) is 0.597. The van der Waals surface area contributed by atoms with Crippen LogP contribution in [-0.2, 0) is 11.3 Å². The van der Waals surface area contributed by atoms with Gasteiger partial charge in [-0.25, -0.2) is 4.79 Å². The van der Waals surface area contributed by atoms with Gasteiger partial charge in [-0.05, 0) is 43.3 Å². The highest BCUT2D eigenvalue weighted by Crippen LogP contribution is 2.17. The molecule has 148 valence electrons. The van der Waals surface area contributed by atoms with Gasteiger partial charge in [0.15, 0.2) is 0 Å². The third-order valence-electron chi connectivity index (χ3n) is 3.93. The molecule has 0 fully saturated rings. The lowest BCUT2D eigenvalue weighted by atomic mass is 10.1. The largest absolute Gasteiger partial charge is 0.467 e. The van der Waals surface area contributed by atoms with E-state index in [1.54, 1.807) is 43.3 Å². The molecular formula is C21H19N3O5. The van der Waals surface area contributed by atoms with Crippen LogP contribution in [0.25, 0.3) is 0 Å². The molecule has 0 saturated carbocycles. The van der Waals surface area contributed by atoms with Gasteiger partial charge in [-0.15, -0.1) is 0 Å². The fraction of sp³-hybridized carbons (Fsp3) is 0.143. The van der Waals surface area contributed by atoms with Crippen molar-refractivity contribution in [3.05, 3.63) is 83.6 Å². The number of rotatable bonds is 7. The first-order chi connectivity index (χ1) is 14.1. The van der Waals surface area contributed by atoms with E-state index in [9.17, 15) is 14.4 Å². The number of nitrogens with zero attached hydrogens (tertiary/aromatic N) is 1. The monoisotopic (exact) mass is 393 g/mol. The standard InChI is InChI=1S/C21H19N3O5/c1-2-28-21(27)16-7-3-4-8-17(16)24-20(26)18-12-14(9-10-22-18)19(25)23-13-15-6-5-11-29-15/h3-12H,2,13H2,1H3,(H,23,25)(H,24,26). The number of ether oxygens (including phenoxy) is 1. The molecule has 0 spiro atoms. The maximum atomic E-state index is 12.6. The third-order valence-corrected chi connectivity index (χ3v) is 3.93. The van der Waals surface area contributed by atoms with Gasteiger partial charge in [0.05, 0.1) is 30.7 Å². The van der Waals surface area contributed by atoms with Gasteiger partial charge in [0.1, 0.15) is 11.5 Å². The number of esters is 1. The number of para-hydroxylation sites is 1. The van der Waals surface area contributed by atoms with Crippen LogP contribution < -0.4 is 10.6 Å². The zero-order chi connectivity index (χ0) is 20.6. The van der Waals surface area contributed by atoms with Gasteiger partial charge in [0.25, 0.3) is 11.8 Å². The van der Waals surface area contributed by atoms with E-state index in [1.807, 2.05) is 0 Å². The summed E-state index contributed by atoms with van der Waals surface area (Å²) in [4.78, 5) is 41.0. The molecule has 2 aromatic heterocycles. The fourth-order valence-corrected chi connectivity index (χ4v) is 2.54. The molecule has 8 heteroatoms. The van der Waals surface area contributed by atoms with Gasteiger partial charge in [-0.1, -0.05) is 12.1 Å². The first-order valence-corrected chi connectivity index (χ1v) is 8.92. The molecule has 0 aliphatic heterocycles. The van der Waals surface area contributed by atoms with Gasteiger partial charge in [0.2, 0.25) is 0 Å². The Labute approximate surface area is 166 Å². The molecule has 0 aliphatic rings. The number of anilines is 1. The lowest BCUT2D eigenvalue weighted by molar-refractivity contribution is 0.0527. The van der Waals surface area contributed by atoms with E-state index >= 15 is 0 Å². The molecule has 0 saturated heterocycles. The van der Waals surface area contributed by atoms with Crippen molar-refractivity contribution in [1.82, 2.24) is 10.3 Å². The van der Waals surface area contributed by atoms with Gasteiger partial charge in [-0.2, -0.15) is 0 Å².